The molecule has 0 bridgehead atoms. The van der Waals surface area contributed by atoms with Gasteiger partial charge in [0, 0.05) is 26.2 Å². The molecule has 1 atom stereocenters. The van der Waals surface area contributed by atoms with Crippen molar-refractivity contribution in [3.8, 4) is 0 Å². The predicted octanol–water partition coefficient (Wildman–Crippen LogP) is 0.907. The Bertz CT molecular complexity index is 500. The van der Waals surface area contributed by atoms with Gasteiger partial charge in [0.2, 0.25) is 5.91 Å². The molecule has 0 saturated carbocycles. The fourth-order valence-corrected chi connectivity index (χ4v) is 1.71. The van der Waals surface area contributed by atoms with Crippen LogP contribution in [0.3, 0.4) is 0 Å². The first-order valence-electron chi connectivity index (χ1n) is 6.52. The van der Waals surface area contributed by atoms with Gasteiger partial charge in [-0.2, -0.15) is 0 Å². The number of hydrogen-bond donors (Lipinski definition) is 3. The van der Waals surface area contributed by atoms with Gasteiger partial charge in [0.1, 0.15) is 6.04 Å². The van der Waals surface area contributed by atoms with E-state index in [-0.39, 0.29) is 11.8 Å². The van der Waals surface area contributed by atoms with Crippen LogP contribution in [-0.2, 0) is 4.79 Å². The van der Waals surface area contributed by atoms with E-state index in [0.29, 0.717) is 23.5 Å². The second-order valence-electron chi connectivity index (χ2n) is 4.76. The van der Waals surface area contributed by atoms with Crippen LogP contribution in [0.2, 0.25) is 0 Å². The highest BCUT2D eigenvalue weighted by Gasteiger charge is 2.14. The molecule has 1 aromatic rings. The minimum absolute atomic E-state index is 0.0969. The van der Waals surface area contributed by atoms with Crippen molar-refractivity contribution in [2.45, 2.75) is 19.9 Å². The number of likely N-dealkylation sites (N-methyl/N-ethyl adjacent to an activating group) is 1. The fraction of sp³-hybridized carbons (Fsp3) is 0.429. The summed E-state index contributed by atoms with van der Waals surface area (Å²) in [4.78, 5) is 24.9. The number of rotatable bonds is 5. The van der Waals surface area contributed by atoms with E-state index in [2.05, 4.69) is 10.6 Å². The monoisotopic (exact) mass is 278 g/mol. The molecule has 0 aliphatic carbocycles. The third-order valence-corrected chi connectivity index (χ3v) is 2.82. The molecule has 0 radical (unpaired) electrons. The zero-order chi connectivity index (χ0) is 15.3. The zero-order valence-electron chi connectivity index (χ0n) is 12.4. The van der Waals surface area contributed by atoms with Crippen LogP contribution in [0.25, 0.3) is 0 Å². The molecule has 6 nitrogen and oxygen atoms in total. The number of hydrogen-bond acceptors (Lipinski definition) is 4. The largest absolute Gasteiger partial charge is 0.397 e. The van der Waals surface area contributed by atoms with Crippen molar-refractivity contribution in [2.75, 3.05) is 31.7 Å². The van der Waals surface area contributed by atoms with Crippen molar-refractivity contribution < 1.29 is 9.59 Å². The number of anilines is 2. The molecule has 20 heavy (non-hydrogen) atoms. The Morgan fingerprint density at radius 3 is 2.50 bits per heavy atom. The van der Waals surface area contributed by atoms with Gasteiger partial charge in [-0.1, -0.05) is 0 Å². The van der Waals surface area contributed by atoms with Crippen LogP contribution in [0.15, 0.2) is 18.2 Å². The number of benzene rings is 1. The third kappa shape index (κ3) is 3.88. The molecule has 0 heterocycles. The lowest BCUT2D eigenvalue weighted by Crippen LogP contribution is -2.37. The highest BCUT2D eigenvalue weighted by molar-refractivity contribution is 5.96. The Labute approximate surface area is 119 Å². The van der Waals surface area contributed by atoms with Crippen molar-refractivity contribution in [3.63, 3.8) is 0 Å². The van der Waals surface area contributed by atoms with Crippen LogP contribution >= 0.6 is 0 Å². The van der Waals surface area contributed by atoms with Gasteiger partial charge in [-0.05, 0) is 32.0 Å². The van der Waals surface area contributed by atoms with Gasteiger partial charge in [0.15, 0.2) is 0 Å². The maximum Gasteiger partial charge on any atom is 0.253 e. The van der Waals surface area contributed by atoms with Crippen molar-refractivity contribution in [2.24, 2.45) is 0 Å². The second kappa shape index (κ2) is 6.79. The summed E-state index contributed by atoms with van der Waals surface area (Å²) in [5.41, 5.74) is 7.51. The van der Waals surface area contributed by atoms with Crippen molar-refractivity contribution >= 4 is 23.2 Å². The first kappa shape index (κ1) is 15.8. The SMILES string of the molecule is CCNC(=O)C(C)Nc1ccc(C(=O)N(C)C)cc1N. The molecule has 0 aromatic heterocycles. The number of nitrogen functional groups attached to an aromatic ring is 1. The van der Waals surface area contributed by atoms with Crippen molar-refractivity contribution in [3.05, 3.63) is 23.8 Å². The summed E-state index contributed by atoms with van der Waals surface area (Å²) in [6, 6.07) is 4.61. The van der Waals surface area contributed by atoms with E-state index in [1.165, 1.54) is 4.90 Å². The molecule has 1 rings (SSSR count). The number of carbonyl (C=O) groups excluding carboxylic acids is 2. The molecule has 110 valence electrons. The minimum Gasteiger partial charge on any atom is -0.397 e. The van der Waals surface area contributed by atoms with Gasteiger partial charge in [-0.25, -0.2) is 0 Å². The Kier molecular flexibility index (Phi) is 5.37. The number of nitrogens with two attached hydrogens (primary N) is 1. The third-order valence-electron chi connectivity index (χ3n) is 2.82. The maximum atomic E-state index is 11.8. The lowest BCUT2D eigenvalue weighted by Gasteiger charge is -2.17. The smallest absolute Gasteiger partial charge is 0.253 e. The van der Waals surface area contributed by atoms with Crippen LogP contribution in [0.4, 0.5) is 11.4 Å². The normalized spacial score (nSPS) is 11.6. The van der Waals surface area contributed by atoms with Crippen LogP contribution in [-0.4, -0.2) is 43.4 Å². The average Bonchev–Trinajstić information content (AvgIpc) is 2.40. The first-order chi connectivity index (χ1) is 9.36. The average molecular weight is 278 g/mol. The second-order valence-corrected chi connectivity index (χ2v) is 4.76. The van der Waals surface area contributed by atoms with Crippen LogP contribution in [0.1, 0.15) is 24.2 Å². The summed E-state index contributed by atoms with van der Waals surface area (Å²) in [5, 5.41) is 5.75. The summed E-state index contributed by atoms with van der Waals surface area (Å²) in [6.07, 6.45) is 0. The highest BCUT2D eigenvalue weighted by Crippen LogP contribution is 2.21. The van der Waals surface area contributed by atoms with E-state index in [1.807, 2.05) is 6.92 Å². The molecule has 4 N–H and O–H groups in total. The molecule has 1 aromatic carbocycles. The van der Waals surface area contributed by atoms with E-state index in [1.54, 1.807) is 39.2 Å². The summed E-state index contributed by atoms with van der Waals surface area (Å²) in [5.74, 6) is -0.208. The van der Waals surface area contributed by atoms with Gasteiger partial charge in [-0.15, -0.1) is 0 Å². The molecule has 0 aliphatic heterocycles. The molecule has 0 fully saturated rings. The lowest BCUT2D eigenvalue weighted by atomic mass is 10.1. The maximum absolute atomic E-state index is 11.8. The molecular weight excluding hydrogens is 256 g/mol. The number of carbonyl (C=O) groups is 2. The van der Waals surface area contributed by atoms with E-state index in [9.17, 15) is 9.59 Å². The summed E-state index contributed by atoms with van der Waals surface area (Å²) in [7, 11) is 3.36. The molecular formula is C14H22N4O2. The number of nitrogens with one attached hydrogen (secondary N) is 2. The van der Waals surface area contributed by atoms with Gasteiger partial charge in [0.05, 0.1) is 11.4 Å². The first-order valence-corrected chi connectivity index (χ1v) is 6.52. The van der Waals surface area contributed by atoms with Gasteiger partial charge < -0.3 is 21.3 Å². The summed E-state index contributed by atoms with van der Waals surface area (Å²) < 4.78 is 0. The van der Waals surface area contributed by atoms with Crippen LogP contribution in [0.5, 0.6) is 0 Å². The Balaban J connectivity index is 2.83. The number of amides is 2. The van der Waals surface area contributed by atoms with Crippen molar-refractivity contribution in [1.29, 1.82) is 0 Å². The fourth-order valence-electron chi connectivity index (χ4n) is 1.71. The number of nitrogens with zero attached hydrogens (tertiary/aromatic N) is 1. The van der Waals surface area contributed by atoms with Crippen molar-refractivity contribution in [1.82, 2.24) is 10.2 Å². The minimum atomic E-state index is -0.396. The highest BCUT2D eigenvalue weighted by atomic mass is 16.2. The zero-order valence-corrected chi connectivity index (χ0v) is 12.4. The van der Waals surface area contributed by atoms with E-state index >= 15 is 0 Å². The topological polar surface area (TPSA) is 87.5 Å². The summed E-state index contributed by atoms with van der Waals surface area (Å²) in [6.45, 7) is 4.20. The lowest BCUT2D eigenvalue weighted by molar-refractivity contribution is -0.121. The Morgan fingerprint density at radius 1 is 1.35 bits per heavy atom. The molecule has 0 aliphatic rings. The quantitative estimate of drug-likeness (QED) is 0.699. The van der Waals surface area contributed by atoms with E-state index in [4.69, 9.17) is 5.73 Å². The standard InChI is InChI=1S/C14H22N4O2/c1-5-16-13(19)9(2)17-12-7-6-10(8-11(12)15)14(20)18(3)4/h6-9,17H,5,15H2,1-4H3,(H,16,19). The van der Waals surface area contributed by atoms with E-state index in [0.717, 1.165) is 0 Å². The van der Waals surface area contributed by atoms with Gasteiger partial charge >= 0.3 is 0 Å². The van der Waals surface area contributed by atoms with Gasteiger partial charge in [-0.3, -0.25) is 9.59 Å². The predicted molar refractivity (Wildman–Crippen MR) is 80.6 cm³/mol. The molecule has 6 heteroatoms. The molecule has 0 spiro atoms. The van der Waals surface area contributed by atoms with E-state index < -0.39 is 6.04 Å². The van der Waals surface area contributed by atoms with Crippen LogP contribution < -0.4 is 16.4 Å². The molecule has 1 unspecified atom stereocenters. The molecule has 0 saturated heterocycles. The molecule has 2 amide bonds. The Hall–Kier alpha value is -2.24. The van der Waals surface area contributed by atoms with Crippen LogP contribution in [0, 0.1) is 0 Å². The summed E-state index contributed by atoms with van der Waals surface area (Å²) >= 11 is 0. The Morgan fingerprint density at radius 2 is 2.00 bits per heavy atom. The van der Waals surface area contributed by atoms with Gasteiger partial charge in [0.25, 0.3) is 5.91 Å².